The molecule has 4 rings (SSSR count). The maximum absolute atomic E-state index is 13.0. The van der Waals surface area contributed by atoms with Gasteiger partial charge >= 0.3 is 6.18 Å². The zero-order valence-electron chi connectivity index (χ0n) is 17.3. The number of benzene rings is 1. The molecule has 170 valence electrons. The summed E-state index contributed by atoms with van der Waals surface area (Å²) in [5.41, 5.74) is 0.00825. The Morgan fingerprint density at radius 3 is 2.61 bits per heavy atom. The molecule has 3 aliphatic heterocycles. The number of ether oxygens (including phenoxy) is 1. The van der Waals surface area contributed by atoms with Gasteiger partial charge in [-0.05, 0) is 31.0 Å². The third-order valence-electron chi connectivity index (χ3n) is 6.33. The van der Waals surface area contributed by atoms with Crippen molar-refractivity contribution in [1.29, 1.82) is 0 Å². The molecule has 3 aliphatic rings. The molecule has 3 saturated heterocycles. The molecule has 0 spiro atoms. The van der Waals surface area contributed by atoms with Crippen LogP contribution in [0.2, 0.25) is 0 Å². The van der Waals surface area contributed by atoms with Gasteiger partial charge in [0, 0.05) is 31.8 Å². The monoisotopic (exact) mass is 457 g/mol. The molecular weight excluding hydrogens is 431 g/mol. The lowest BCUT2D eigenvalue weighted by Gasteiger charge is -2.35. The number of morpholine rings is 1. The first kappa shape index (κ1) is 22.4. The van der Waals surface area contributed by atoms with Crippen LogP contribution >= 0.6 is 11.8 Å². The highest BCUT2D eigenvalue weighted by atomic mass is 32.2. The Morgan fingerprint density at radius 2 is 1.97 bits per heavy atom. The van der Waals surface area contributed by atoms with Gasteiger partial charge in [0.05, 0.1) is 29.7 Å². The van der Waals surface area contributed by atoms with E-state index in [2.05, 4.69) is 10.2 Å². The lowest BCUT2D eigenvalue weighted by atomic mass is 10.0. The first-order chi connectivity index (χ1) is 14.7. The number of nitrogens with zero attached hydrogens (tertiary/aromatic N) is 2. The van der Waals surface area contributed by atoms with Gasteiger partial charge in [0.25, 0.3) is 0 Å². The molecule has 3 atom stereocenters. The second kappa shape index (κ2) is 8.63. The summed E-state index contributed by atoms with van der Waals surface area (Å²) in [5.74, 6) is 0.341. The van der Waals surface area contributed by atoms with Crippen molar-refractivity contribution in [3.63, 3.8) is 0 Å². The van der Waals surface area contributed by atoms with E-state index in [0.717, 1.165) is 18.6 Å². The molecule has 31 heavy (non-hydrogen) atoms. The Balaban J connectivity index is 1.48. The van der Waals surface area contributed by atoms with Gasteiger partial charge in [0.1, 0.15) is 6.04 Å². The first-order valence-electron chi connectivity index (χ1n) is 10.4. The van der Waals surface area contributed by atoms with E-state index in [0.29, 0.717) is 44.0 Å². The fourth-order valence-corrected chi connectivity index (χ4v) is 6.00. The summed E-state index contributed by atoms with van der Waals surface area (Å²) in [6, 6.07) is 4.32. The number of fused-ring (bicyclic) bond motifs is 1. The zero-order chi connectivity index (χ0) is 22.2. The normalized spacial score (nSPS) is 27.9. The lowest BCUT2D eigenvalue weighted by Crippen LogP contribution is -2.52. The topological polar surface area (TPSA) is 61.9 Å². The molecule has 6 nitrogen and oxygen atoms in total. The minimum Gasteiger partial charge on any atom is -0.379 e. The van der Waals surface area contributed by atoms with Crippen LogP contribution in [-0.4, -0.2) is 71.1 Å². The minimum absolute atomic E-state index is 0.000110. The summed E-state index contributed by atoms with van der Waals surface area (Å²) in [7, 11) is 0. The molecule has 0 aromatic heterocycles. The summed E-state index contributed by atoms with van der Waals surface area (Å²) < 4.78 is 44.3. The number of carbonyl (C=O) groups is 2. The zero-order valence-corrected chi connectivity index (χ0v) is 18.1. The van der Waals surface area contributed by atoms with Crippen molar-refractivity contribution in [2.75, 3.05) is 38.6 Å². The number of amides is 2. The van der Waals surface area contributed by atoms with Crippen molar-refractivity contribution in [3.05, 3.63) is 35.4 Å². The van der Waals surface area contributed by atoms with E-state index >= 15 is 0 Å². The minimum atomic E-state index is -4.39. The Morgan fingerprint density at radius 1 is 1.29 bits per heavy atom. The molecule has 0 aliphatic carbocycles. The number of halogens is 3. The molecule has 1 aromatic rings. The molecule has 0 bridgehead atoms. The average molecular weight is 458 g/mol. The van der Waals surface area contributed by atoms with Crippen molar-refractivity contribution in [1.82, 2.24) is 15.1 Å². The Labute approximate surface area is 183 Å². The second-order valence-corrected chi connectivity index (χ2v) is 9.80. The van der Waals surface area contributed by atoms with Gasteiger partial charge < -0.3 is 15.0 Å². The first-order valence-corrected chi connectivity index (χ1v) is 11.4. The highest BCUT2D eigenvalue weighted by molar-refractivity contribution is 8.01. The van der Waals surface area contributed by atoms with Gasteiger partial charge in [-0.1, -0.05) is 12.1 Å². The summed E-state index contributed by atoms with van der Waals surface area (Å²) >= 11 is 1.63. The average Bonchev–Trinajstić information content (AvgIpc) is 3.24. The smallest absolute Gasteiger partial charge is 0.379 e. The number of alkyl halides is 3. The summed E-state index contributed by atoms with van der Waals surface area (Å²) in [4.78, 5) is 28.8. The summed E-state index contributed by atoms with van der Waals surface area (Å²) in [5, 5.41) is 2.96. The molecule has 3 fully saturated rings. The highest BCUT2D eigenvalue weighted by Crippen LogP contribution is 2.47. The van der Waals surface area contributed by atoms with Crippen LogP contribution in [0.1, 0.15) is 36.9 Å². The van der Waals surface area contributed by atoms with E-state index in [1.54, 1.807) is 16.7 Å². The van der Waals surface area contributed by atoms with Crippen LogP contribution in [0, 0.1) is 0 Å². The van der Waals surface area contributed by atoms with E-state index in [4.69, 9.17) is 4.74 Å². The third-order valence-corrected chi connectivity index (χ3v) is 7.83. The molecule has 0 saturated carbocycles. The van der Waals surface area contributed by atoms with Gasteiger partial charge in [-0.3, -0.25) is 14.5 Å². The maximum Gasteiger partial charge on any atom is 0.416 e. The van der Waals surface area contributed by atoms with Crippen LogP contribution in [0.25, 0.3) is 0 Å². The van der Waals surface area contributed by atoms with Crippen molar-refractivity contribution in [3.8, 4) is 0 Å². The van der Waals surface area contributed by atoms with Crippen LogP contribution in [0.15, 0.2) is 24.3 Å². The SMILES string of the molecule is CC12CCC(=O)N1C(C(=O)NCC(c1ccc(C(F)(F)F)cc1)N1CCOCC1)CS2. The van der Waals surface area contributed by atoms with Crippen molar-refractivity contribution >= 4 is 23.6 Å². The van der Waals surface area contributed by atoms with Crippen LogP contribution in [0.5, 0.6) is 0 Å². The fourth-order valence-electron chi connectivity index (χ4n) is 4.57. The molecule has 1 N–H and O–H groups in total. The van der Waals surface area contributed by atoms with Gasteiger partial charge in [-0.25, -0.2) is 0 Å². The van der Waals surface area contributed by atoms with Gasteiger partial charge in [-0.15, -0.1) is 11.8 Å². The second-order valence-electron chi connectivity index (χ2n) is 8.29. The Kier molecular flexibility index (Phi) is 6.24. The van der Waals surface area contributed by atoms with Gasteiger partial charge in [0.15, 0.2) is 0 Å². The van der Waals surface area contributed by atoms with E-state index in [9.17, 15) is 22.8 Å². The number of hydrogen-bond acceptors (Lipinski definition) is 5. The van der Waals surface area contributed by atoms with E-state index in [1.165, 1.54) is 12.1 Å². The largest absolute Gasteiger partial charge is 0.416 e. The number of hydrogen-bond donors (Lipinski definition) is 1. The molecule has 1 aromatic carbocycles. The van der Waals surface area contributed by atoms with E-state index < -0.39 is 17.8 Å². The molecule has 3 unspecified atom stereocenters. The summed E-state index contributed by atoms with van der Waals surface area (Å²) in [6.07, 6.45) is -3.20. The molecular formula is C21H26F3N3O3S. The third kappa shape index (κ3) is 4.56. The van der Waals surface area contributed by atoms with Crippen LogP contribution < -0.4 is 5.32 Å². The van der Waals surface area contributed by atoms with Crippen LogP contribution in [0.3, 0.4) is 0 Å². The Hall–Kier alpha value is -1.78. The molecule has 2 amide bonds. The van der Waals surface area contributed by atoms with Crippen molar-refractivity contribution in [2.24, 2.45) is 0 Å². The predicted molar refractivity (Wildman–Crippen MR) is 110 cm³/mol. The maximum atomic E-state index is 13.0. The predicted octanol–water partition coefficient (Wildman–Crippen LogP) is 2.65. The van der Waals surface area contributed by atoms with E-state index in [-0.39, 0.29) is 29.3 Å². The highest BCUT2D eigenvalue weighted by Gasteiger charge is 2.52. The number of nitrogens with one attached hydrogen (secondary N) is 1. The standard InChI is InChI=1S/C21H26F3N3O3S/c1-20-7-6-18(28)27(20)17(13-31-20)19(29)25-12-16(26-8-10-30-11-9-26)14-2-4-15(5-3-14)21(22,23)24/h2-5,16-17H,6-13H2,1H3,(H,25,29). The van der Waals surface area contributed by atoms with Gasteiger partial charge in [0.2, 0.25) is 11.8 Å². The van der Waals surface area contributed by atoms with E-state index in [1.807, 2.05) is 6.92 Å². The van der Waals surface area contributed by atoms with Crippen molar-refractivity contribution < 1.29 is 27.5 Å². The summed E-state index contributed by atoms with van der Waals surface area (Å²) in [6.45, 7) is 4.57. The van der Waals surface area contributed by atoms with Crippen LogP contribution in [-0.2, 0) is 20.5 Å². The lowest BCUT2D eigenvalue weighted by molar-refractivity contribution is -0.138. The van der Waals surface area contributed by atoms with Gasteiger partial charge in [-0.2, -0.15) is 13.2 Å². The Bertz CT molecular complexity index is 829. The fraction of sp³-hybridized carbons (Fsp3) is 0.619. The van der Waals surface area contributed by atoms with Crippen molar-refractivity contribution in [2.45, 2.75) is 42.9 Å². The van der Waals surface area contributed by atoms with Crippen LogP contribution in [0.4, 0.5) is 13.2 Å². The molecule has 10 heteroatoms. The molecule has 3 heterocycles. The quantitative estimate of drug-likeness (QED) is 0.737. The number of carbonyl (C=O) groups excluding carboxylic acids is 2. The number of rotatable bonds is 5. The number of thioether (sulfide) groups is 1. The molecule has 0 radical (unpaired) electrons.